The summed E-state index contributed by atoms with van der Waals surface area (Å²) in [6.07, 6.45) is 0.0751. The maximum absolute atomic E-state index is 14.1. The second kappa shape index (κ2) is 11.2. The number of carbonyl (C=O) groups excluding carboxylic acids is 3. The van der Waals surface area contributed by atoms with E-state index in [0.29, 0.717) is 38.1 Å². The summed E-state index contributed by atoms with van der Waals surface area (Å²) >= 11 is 1.22. The van der Waals surface area contributed by atoms with Gasteiger partial charge in [0.15, 0.2) is 5.76 Å². The van der Waals surface area contributed by atoms with Crippen molar-refractivity contribution < 1.29 is 29.0 Å². The number of ether oxygens (including phenoxy) is 2. The van der Waals surface area contributed by atoms with E-state index in [9.17, 15) is 19.5 Å². The van der Waals surface area contributed by atoms with Gasteiger partial charge in [0.05, 0.1) is 42.8 Å². The molecule has 1 aromatic heterocycles. The van der Waals surface area contributed by atoms with Gasteiger partial charge in [0, 0.05) is 11.3 Å². The second-order valence-corrected chi connectivity index (χ2v) is 10.2. The number of anilines is 1. The van der Waals surface area contributed by atoms with E-state index in [4.69, 9.17) is 9.47 Å². The van der Waals surface area contributed by atoms with Crippen LogP contribution in [0.2, 0.25) is 0 Å². The second-order valence-electron chi connectivity index (χ2n) is 9.16. The fourth-order valence-electron chi connectivity index (χ4n) is 4.68. The molecule has 3 aromatic carbocycles. The summed E-state index contributed by atoms with van der Waals surface area (Å²) in [6.45, 7) is 1.74. The number of thiazole rings is 1. The first-order chi connectivity index (χ1) is 19.3. The molecule has 1 unspecified atom stereocenters. The van der Waals surface area contributed by atoms with Gasteiger partial charge in [-0.2, -0.15) is 0 Å². The van der Waals surface area contributed by atoms with Crippen LogP contribution >= 0.6 is 11.3 Å². The van der Waals surface area contributed by atoms with Crippen LogP contribution in [-0.4, -0.2) is 42.0 Å². The maximum Gasteiger partial charge on any atom is 0.309 e. The fourth-order valence-corrected chi connectivity index (χ4v) is 5.70. The van der Waals surface area contributed by atoms with Crippen LogP contribution in [0.1, 0.15) is 32.5 Å². The molecule has 1 N–H and O–H groups in total. The van der Waals surface area contributed by atoms with Gasteiger partial charge in [0.25, 0.3) is 5.91 Å². The van der Waals surface area contributed by atoms with Gasteiger partial charge in [0.1, 0.15) is 10.8 Å². The van der Waals surface area contributed by atoms with Gasteiger partial charge in [0.2, 0.25) is 5.78 Å². The number of Topliss-reactive ketones (excluding diaryl/α,β-unsaturated/α-hetero) is 1. The van der Waals surface area contributed by atoms with E-state index in [1.54, 1.807) is 55.5 Å². The summed E-state index contributed by atoms with van der Waals surface area (Å²) in [5.74, 6) is -1.65. The van der Waals surface area contributed by atoms with Crippen molar-refractivity contribution in [2.45, 2.75) is 19.4 Å². The van der Waals surface area contributed by atoms with Crippen LogP contribution in [-0.2, 0) is 20.7 Å². The topological polar surface area (TPSA) is 106 Å². The molecule has 40 heavy (non-hydrogen) atoms. The van der Waals surface area contributed by atoms with E-state index in [0.717, 1.165) is 5.56 Å². The summed E-state index contributed by atoms with van der Waals surface area (Å²) in [7, 11) is 2.85. The van der Waals surface area contributed by atoms with Crippen molar-refractivity contribution >= 4 is 34.7 Å². The van der Waals surface area contributed by atoms with Gasteiger partial charge in [-0.05, 0) is 42.3 Å². The molecule has 2 heterocycles. The molecular weight excluding hydrogens is 528 g/mol. The molecule has 0 fully saturated rings. The summed E-state index contributed by atoms with van der Waals surface area (Å²) < 4.78 is 10.1. The average molecular weight is 555 g/mol. The SMILES string of the molecule is COC(=O)Cc1ccc(N2C(=O)C(O)=C(C(=O)c3sc(-c4ccccc4)nc3C)C2c2cccc(OC)c2)cc1. The van der Waals surface area contributed by atoms with Gasteiger partial charge >= 0.3 is 5.97 Å². The van der Waals surface area contributed by atoms with Gasteiger partial charge < -0.3 is 14.6 Å². The molecule has 9 heteroatoms. The van der Waals surface area contributed by atoms with Crippen molar-refractivity contribution in [3.05, 3.63) is 112 Å². The van der Waals surface area contributed by atoms with Crippen LogP contribution in [0.5, 0.6) is 5.75 Å². The predicted octanol–water partition coefficient (Wildman–Crippen LogP) is 5.63. The van der Waals surface area contributed by atoms with Crippen molar-refractivity contribution in [2.75, 3.05) is 19.1 Å². The smallest absolute Gasteiger partial charge is 0.309 e. The Hall–Kier alpha value is -4.76. The Morgan fingerprint density at radius 3 is 2.40 bits per heavy atom. The highest BCUT2D eigenvalue weighted by Crippen LogP contribution is 2.44. The number of methoxy groups -OCH3 is 2. The molecule has 1 aliphatic heterocycles. The number of ketones is 1. The third-order valence-electron chi connectivity index (χ3n) is 6.68. The number of carbonyl (C=O) groups is 3. The summed E-state index contributed by atoms with van der Waals surface area (Å²) in [6, 6.07) is 22.4. The molecule has 0 saturated heterocycles. The van der Waals surface area contributed by atoms with Crippen molar-refractivity contribution in [1.82, 2.24) is 4.98 Å². The molecule has 0 aliphatic carbocycles. The number of amides is 1. The highest BCUT2D eigenvalue weighted by molar-refractivity contribution is 7.17. The zero-order valence-corrected chi connectivity index (χ0v) is 22.9. The average Bonchev–Trinajstić information content (AvgIpc) is 3.50. The molecule has 4 aromatic rings. The van der Waals surface area contributed by atoms with Crippen LogP contribution in [0.3, 0.4) is 0 Å². The van der Waals surface area contributed by atoms with E-state index in [1.807, 2.05) is 30.3 Å². The highest BCUT2D eigenvalue weighted by atomic mass is 32.1. The number of hydrogen-bond donors (Lipinski definition) is 1. The zero-order chi connectivity index (χ0) is 28.4. The number of aryl methyl sites for hydroxylation is 1. The lowest BCUT2D eigenvalue weighted by atomic mass is 9.94. The first-order valence-electron chi connectivity index (χ1n) is 12.5. The minimum absolute atomic E-state index is 0.0387. The van der Waals surface area contributed by atoms with Gasteiger partial charge in [-0.15, -0.1) is 11.3 Å². The van der Waals surface area contributed by atoms with Crippen molar-refractivity contribution in [2.24, 2.45) is 0 Å². The van der Waals surface area contributed by atoms with Crippen LogP contribution in [0.4, 0.5) is 5.69 Å². The van der Waals surface area contributed by atoms with Crippen LogP contribution in [0.25, 0.3) is 10.6 Å². The number of nitrogens with zero attached hydrogens (tertiary/aromatic N) is 2. The molecule has 0 bridgehead atoms. The molecule has 1 aliphatic rings. The Morgan fingerprint density at radius 1 is 1.00 bits per heavy atom. The molecular formula is C31H26N2O6S. The third kappa shape index (κ3) is 4.99. The summed E-state index contributed by atoms with van der Waals surface area (Å²) in [4.78, 5) is 45.7. The van der Waals surface area contributed by atoms with E-state index in [-0.39, 0.29) is 18.0 Å². The quantitative estimate of drug-likeness (QED) is 0.222. The number of aliphatic hydroxyl groups excluding tert-OH is 1. The van der Waals surface area contributed by atoms with E-state index in [1.165, 1.54) is 30.5 Å². The van der Waals surface area contributed by atoms with Crippen molar-refractivity contribution in [1.29, 1.82) is 0 Å². The molecule has 0 spiro atoms. The zero-order valence-electron chi connectivity index (χ0n) is 22.1. The Bertz CT molecular complexity index is 1630. The predicted molar refractivity (Wildman–Crippen MR) is 152 cm³/mol. The van der Waals surface area contributed by atoms with E-state index >= 15 is 0 Å². The minimum atomic E-state index is -0.928. The number of esters is 1. The number of rotatable bonds is 8. The molecule has 1 atom stereocenters. The fraction of sp³-hybridized carbons (Fsp3) is 0.161. The molecule has 0 radical (unpaired) electrons. The molecule has 1 amide bonds. The Morgan fingerprint density at radius 2 is 1.73 bits per heavy atom. The Kier molecular flexibility index (Phi) is 7.48. The molecule has 8 nitrogen and oxygen atoms in total. The van der Waals surface area contributed by atoms with Crippen LogP contribution in [0, 0.1) is 6.92 Å². The molecule has 202 valence electrons. The maximum atomic E-state index is 14.1. The molecule has 0 saturated carbocycles. The Labute approximate surface area is 235 Å². The van der Waals surface area contributed by atoms with Crippen molar-refractivity contribution in [3.63, 3.8) is 0 Å². The largest absolute Gasteiger partial charge is 0.503 e. The first kappa shape index (κ1) is 26.8. The lowest BCUT2D eigenvalue weighted by Gasteiger charge is -2.27. The molecule has 5 rings (SSSR count). The number of benzene rings is 3. The van der Waals surface area contributed by atoms with Gasteiger partial charge in [-0.3, -0.25) is 19.3 Å². The van der Waals surface area contributed by atoms with Crippen molar-refractivity contribution in [3.8, 4) is 16.3 Å². The van der Waals surface area contributed by atoms with Gasteiger partial charge in [-0.1, -0.05) is 54.6 Å². The normalized spacial score (nSPS) is 14.9. The first-order valence-corrected chi connectivity index (χ1v) is 13.3. The van der Waals surface area contributed by atoms with E-state index in [2.05, 4.69) is 4.98 Å². The van der Waals surface area contributed by atoms with Crippen LogP contribution < -0.4 is 9.64 Å². The Balaban J connectivity index is 1.59. The summed E-state index contributed by atoms with van der Waals surface area (Å²) in [5.41, 5.74) is 3.08. The monoisotopic (exact) mass is 554 g/mol. The van der Waals surface area contributed by atoms with Gasteiger partial charge in [-0.25, -0.2) is 4.98 Å². The van der Waals surface area contributed by atoms with E-state index < -0.39 is 23.5 Å². The number of aliphatic hydroxyl groups is 1. The number of aromatic nitrogens is 1. The third-order valence-corrected chi connectivity index (χ3v) is 7.88. The minimum Gasteiger partial charge on any atom is -0.503 e. The highest BCUT2D eigenvalue weighted by Gasteiger charge is 2.45. The lowest BCUT2D eigenvalue weighted by molar-refractivity contribution is -0.139. The summed E-state index contributed by atoms with van der Waals surface area (Å²) in [5, 5.41) is 11.8. The lowest BCUT2D eigenvalue weighted by Crippen LogP contribution is -2.31. The standard InChI is InChI=1S/C31H26N2O6S/c1-18-29(40-30(32-18)20-8-5-4-6-9-20)27(35)25-26(21-10-7-11-23(17-21)38-2)33(31(37)28(25)36)22-14-12-19(13-15-22)16-24(34)39-3/h4-15,17,26,36H,16H2,1-3H3. The van der Waals surface area contributed by atoms with Crippen LogP contribution in [0.15, 0.2) is 90.2 Å². The number of hydrogen-bond acceptors (Lipinski definition) is 8.